The number of para-hydroxylation sites is 1. The molecule has 3 aromatic rings. The molecule has 0 saturated heterocycles. The Bertz CT molecular complexity index is 764. The van der Waals surface area contributed by atoms with Crippen LogP contribution in [0.1, 0.15) is 11.5 Å². The van der Waals surface area contributed by atoms with Crippen LogP contribution in [-0.2, 0) is 13.0 Å². The molecule has 0 spiro atoms. The van der Waals surface area contributed by atoms with Crippen LogP contribution in [0.4, 0.5) is 11.4 Å². The number of rotatable bonds is 3. The summed E-state index contributed by atoms with van der Waals surface area (Å²) >= 11 is 0. The van der Waals surface area contributed by atoms with Crippen LogP contribution in [0, 0.1) is 0 Å². The quantitative estimate of drug-likeness (QED) is 0.743. The van der Waals surface area contributed by atoms with Crippen molar-refractivity contribution in [1.29, 1.82) is 0 Å². The van der Waals surface area contributed by atoms with E-state index in [0.29, 0.717) is 24.1 Å². The Kier molecular flexibility index (Phi) is 2.67. The highest BCUT2D eigenvalue weighted by Crippen LogP contribution is 2.34. The van der Waals surface area contributed by atoms with E-state index in [9.17, 15) is 0 Å². The molecule has 0 atom stereocenters. The predicted octanol–water partition coefficient (Wildman–Crippen LogP) is 2.47. The largest absolute Gasteiger partial charge is 0.459 e. The van der Waals surface area contributed by atoms with Gasteiger partial charge in [0.05, 0.1) is 24.2 Å². The van der Waals surface area contributed by atoms with Crippen molar-refractivity contribution in [3.05, 3.63) is 48.0 Å². The van der Waals surface area contributed by atoms with E-state index in [0.717, 1.165) is 24.3 Å². The molecule has 3 heterocycles. The van der Waals surface area contributed by atoms with Crippen molar-refractivity contribution < 1.29 is 8.83 Å². The van der Waals surface area contributed by atoms with Gasteiger partial charge in [-0.25, -0.2) is 0 Å². The zero-order valence-electron chi connectivity index (χ0n) is 11.3. The summed E-state index contributed by atoms with van der Waals surface area (Å²) in [5, 5.41) is 8.09. The summed E-state index contributed by atoms with van der Waals surface area (Å²) in [5.41, 5.74) is 9.21. The van der Waals surface area contributed by atoms with Gasteiger partial charge in [0.25, 0.3) is 5.89 Å². The van der Waals surface area contributed by atoms with Crippen molar-refractivity contribution in [3.8, 4) is 11.7 Å². The lowest BCUT2D eigenvalue weighted by molar-refractivity contribution is 0.476. The number of hydrogen-bond acceptors (Lipinski definition) is 6. The molecule has 6 heteroatoms. The Morgan fingerprint density at radius 3 is 3.00 bits per heavy atom. The lowest BCUT2D eigenvalue weighted by Gasteiger charge is -2.18. The van der Waals surface area contributed by atoms with Gasteiger partial charge in [0, 0.05) is 6.54 Å². The number of nitrogens with two attached hydrogens (primary N) is 1. The van der Waals surface area contributed by atoms with Crippen LogP contribution in [0.25, 0.3) is 11.7 Å². The average Bonchev–Trinajstić information content (AvgIpc) is 3.19. The molecule has 2 aromatic heterocycles. The van der Waals surface area contributed by atoms with Gasteiger partial charge in [-0.1, -0.05) is 12.1 Å². The molecule has 21 heavy (non-hydrogen) atoms. The monoisotopic (exact) mass is 282 g/mol. The van der Waals surface area contributed by atoms with E-state index < -0.39 is 0 Å². The number of anilines is 2. The van der Waals surface area contributed by atoms with E-state index in [1.54, 1.807) is 18.4 Å². The van der Waals surface area contributed by atoms with E-state index in [-0.39, 0.29) is 0 Å². The Morgan fingerprint density at radius 2 is 2.14 bits per heavy atom. The van der Waals surface area contributed by atoms with Crippen molar-refractivity contribution in [3.63, 3.8) is 0 Å². The van der Waals surface area contributed by atoms with Crippen molar-refractivity contribution in [2.45, 2.75) is 13.0 Å². The molecule has 4 rings (SSSR count). The van der Waals surface area contributed by atoms with Gasteiger partial charge in [-0.05, 0) is 30.2 Å². The van der Waals surface area contributed by atoms with Crippen LogP contribution in [-0.4, -0.2) is 16.7 Å². The second kappa shape index (κ2) is 4.66. The molecular formula is C15H14N4O2. The van der Waals surface area contributed by atoms with Crippen LogP contribution < -0.4 is 10.6 Å². The summed E-state index contributed by atoms with van der Waals surface area (Å²) in [6.45, 7) is 1.46. The third-order valence-corrected chi connectivity index (χ3v) is 3.64. The number of fused-ring (bicyclic) bond motifs is 1. The fourth-order valence-electron chi connectivity index (χ4n) is 2.70. The molecule has 0 amide bonds. The van der Waals surface area contributed by atoms with Gasteiger partial charge < -0.3 is 19.5 Å². The Morgan fingerprint density at radius 1 is 1.19 bits per heavy atom. The molecule has 1 aromatic carbocycles. The minimum atomic E-state index is 0.399. The smallest absolute Gasteiger partial charge is 0.283 e. The number of furan rings is 1. The number of hydrogen-bond donors (Lipinski definition) is 1. The molecule has 0 saturated carbocycles. The van der Waals surface area contributed by atoms with Crippen LogP contribution in [0.5, 0.6) is 0 Å². The van der Waals surface area contributed by atoms with Crippen molar-refractivity contribution in [2.24, 2.45) is 0 Å². The van der Waals surface area contributed by atoms with E-state index in [1.807, 2.05) is 12.1 Å². The minimum Gasteiger partial charge on any atom is -0.459 e. The number of nitrogen functional groups attached to an aromatic ring is 1. The summed E-state index contributed by atoms with van der Waals surface area (Å²) < 4.78 is 10.9. The molecule has 2 N–H and O–H groups in total. The molecule has 106 valence electrons. The number of nitrogens with zero attached hydrogens (tertiary/aromatic N) is 3. The summed E-state index contributed by atoms with van der Waals surface area (Å²) in [6.07, 6.45) is 2.57. The predicted molar refractivity (Wildman–Crippen MR) is 77.6 cm³/mol. The normalized spacial score (nSPS) is 13.6. The first-order valence-electron chi connectivity index (χ1n) is 6.80. The highest BCUT2D eigenvalue weighted by Gasteiger charge is 2.23. The molecule has 1 aliphatic rings. The highest BCUT2D eigenvalue weighted by atomic mass is 16.4. The first-order chi connectivity index (χ1) is 10.3. The lowest BCUT2D eigenvalue weighted by Crippen LogP contribution is -2.20. The van der Waals surface area contributed by atoms with Gasteiger partial charge in [0.2, 0.25) is 5.89 Å². The van der Waals surface area contributed by atoms with Gasteiger partial charge in [-0.15, -0.1) is 10.2 Å². The van der Waals surface area contributed by atoms with Gasteiger partial charge in [-0.2, -0.15) is 0 Å². The van der Waals surface area contributed by atoms with E-state index in [1.165, 1.54) is 5.56 Å². The zero-order valence-corrected chi connectivity index (χ0v) is 11.3. The number of aromatic nitrogens is 2. The Balaban J connectivity index is 1.59. The topological polar surface area (TPSA) is 81.3 Å². The Hall–Kier alpha value is -2.76. The fraction of sp³-hybridized carbons (Fsp3) is 0.200. The highest BCUT2D eigenvalue weighted by molar-refractivity contribution is 5.74. The third kappa shape index (κ3) is 2.05. The second-order valence-electron chi connectivity index (χ2n) is 5.00. The third-order valence-electron chi connectivity index (χ3n) is 3.64. The Labute approximate surface area is 121 Å². The maximum atomic E-state index is 6.08. The van der Waals surface area contributed by atoms with Crippen LogP contribution in [0.3, 0.4) is 0 Å². The second-order valence-corrected chi connectivity index (χ2v) is 5.00. The fourth-order valence-corrected chi connectivity index (χ4v) is 2.70. The van der Waals surface area contributed by atoms with Crippen LogP contribution in [0.2, 0.25) is 0 Å². The van der Waals surface area contributed by atoms with Crippen molar-refractivity contribution >= 4 is 11.4 Å². The first-order valence-corrected chi connectivity index (χ1v) is 6.80. The SMILES string of the molecule is Nc1cccc2c1N(Cc1nnc(-c3ccco3)o1)CC2. The molecule has 0 radical (unpaired) electrons. The molecule has 0 aliphatic carbocycles. The molecule has 0 unspecified atom stereocenters. The van der Waals surface area contributed by atoms with Gasteiger partial charge in [0.1, 0.15) is 0 Å². The summed E-state index contributed by atoms with van der Waals surface area (Å²) in [5.74, 6) is 1.53. The molecule has 0 bridgehead atoms. The van der Waals surface area contributed by atoms with Crippen molar-refractivity contribution in [1.82, 2.24) is 10.2 Å². The molecular weight excluding hydrogens is 268 g/mol. The zero-order chi connectivity index (χ0) is 14.2. The van der Waals surface area contributed by atoms with Crippen molar-refractivity contribution in [2.75, 3.05) is 17.2 Å². The molecule has 6 nitrogen and oxygen atoms in total. The summed E-state index contributed by atoms with van der Waals surface area (Å²) in [7, 11) is 0. The van der Waals surface area contributed by atoms with Gasteiger partial charge >= 0.3 is 0 Å². The van der Waals surface area contributed by atoms with E-state index >= 15 is 0 Å². The van der Waals surface area contributed by atoms with Gasteiger partial charge in [-0.3, -0.25) is 0 Å². The maximum Gasteiger partial charge on any atom is 0.283 e. The standard InChI is InChI=1S/C15H14N4O2/c16-11-4-1-3-10-6-7-19(14(10)11)9-13-17-18-15(21-13)12-5-2-8-20-12/h1-5,8H,6-7,9,16H2. The van der Waals surface area contributed by atoms with E-state index in [4.69, 9.17) is 14.6 Å². The average molecular weight is 282 g/mol. The minimum absolute atomic E-state index is 0.399. The molecule has 0 fully saturated rings. The van der Waals surface area contributed by atoms with Crippen LogP contribution in [0.15, 0.2) is 45.4 Å². The number of benzene rings is 1. The summed E-state index contributed by atoms with van der Waals surface area (Å²) in [4.78, 5) is 2.17. The summed E-state index contributed by atoms with van der Waals surface area (Å²) in [6, 6.07) is 9.59. The van der Waals surface area contributed by atoms with E-state index in [2.05, 4.69) is 21.2 Å². The lowest BCUT2D eigenvalue weighted by atomic mass is 10.1. The maximum absolute atomic E-state index is 6.08. The molecule has 1 aliphatic heterocycles. The van der Waals surface area contributed by atoms with Gasteiger partial charge in [0.15, 0.2) is 5.76 Å². The first kappa shape index (κ1) is 12.0. The van der Waals surface area contributed by atoms with Crippen LogP contribution >= 0.6 is 0 Å².